The summed E-state index contributed by atoms with van der Waals surface area (Å²) in [4.78, 5) is 25.0. The van der Waals surface area contributed by atoms with Crippen LogP contribution in [-0.4, -0.2) is 36.3 Å². The van der Waals surface area contributed by atoms with Crippen LogP contribution in [0.5, 0.6) is 5.75 Å². The Kier molecular flexibility index (Phi) is 5.31. The number of fused-ring (bicyclic) bond motifs is 1. The number of halogens is 1. The van der Waals surface area contributed by atoms with E-state index in [0.29, 0.717) is 42.6 Å². The van der Waals surface area contributed by atoms with Gasteiger partial charge in [-0.05, 0) is 49.1 Å². The molecule has 0 aliphatic carbocycles. The summed E-state index contributed by atoms with van der Waals surface area (Å²) in [6.07, 6.45) is 1.85. The van der Waals surface area contributed by atoms with Crippen molar-refractivity contribution in [1.82, 2.24) is 4.90 Å². The Hall–Kier alpha value is -2.17. The summed E-state index contributed by atoms with van der Waals surface area (Å²) in [5, 5.41) is 0. The van der Waals surface area contributed by atoms with E-state index in [0.717, 1.165) is 5.56 Å². The van der Waals surface area contributed by atoms with E-state index in [4.69, 9.17) is 4.74 Å². The SMILES string of the molecule is CC/C(=C\F)COc1ccc2c(c1)CCN(CC(C)=O)C2=O. The van der Waals surface area contributed by atoms with Crippen LogP contribution >= 0.6 is 0 Å². The average Bonchev–Trinajstić information content (AvgIpc) is 2.51. The first kappa shape index (κ1) is 16.2. The molecule has 0 aromatic heterocycles. The fourth-order valence-electron chi connectivity index (χ4n) is 2.41. The van der Waals surface area contributed by atoms with Gasteiger partial charge < -0.3 is 9.64 Å². The van der Waals surface area contributed by atoms with Gasteiger partial charge in [-0.3, -0.25) is 9.59 Å². The van der Waals surface area contributed by atoms with Crippen molar-refractivity contribution in [3.63, 3.8) is 0 Å². The molecule has 4 nitrogen and oxygen atoms in total. The van der Waals surface area contributed by atoms with Crippen LogP contribution < -0.4 is 4.74 Å². The molecule has 2 rings (SSSR count). The molecule has 1 aromatic carbocycles. The molecule has 0 saturated heterocycles. The number of rotatable bonds is 6. The summed E-state index contributed by atoms with van der Waals surface area (Å²) in [7, 11) is 0. The van der Waals surface area contributed by atoms with Crippen LogP contribution in [0.3, 0.4) is 0 Å². The molecule has 0 fully saturated rings. The van der Waals surface area contributed by atoms with E-state index in [-0.39, 0.29) is 24.8 Å². The van der Waals surface area contributed by atoms with Gasteiger partial charge in [0.15, 0.2) is 0 Å². The summed E-state index contributed by atoms with van der Waals surface area (Å²) >= 11 is 0. The second-order valence-corrected chi connectivity index (χ2v) is 5.41. The first-order valence-electron chi connectivity index (χ1n) is 7.37. The van der Waals surface area contributed by atoms with Crippen LogP contribution in [-0.2, 0) is 11.2 Å². The van der Waals surface area contributed by atoms with Gasteiger partial charge in [-0.2, -0.15) is 0 Å². The highest BCUT2D eigenvalue weighted by atomic mass is 19.1. The van der Waals surface area contributed by atoms with Crippen molar-refractivity contribution >= 4 is 11.7 Å². The molecule has 0 atom stereocenters. The van der Waals surface area contributed by atoms with Gasteiger partial charge in [0.2, 0.25) is 0 Å². The number of benzene rings is 1. The third-order valence-electron chi connectivity index (χ3n) is 3.69. The number of hydrogen-bond donors (Lipinski definition) is 0. The van der Waals surface area contributed by atoms with Crippen LogP contribution in [0.1, 0.15) is 36.2 Å². The van der Waals surface area contributed by atoms with E-state index in [2.05, 4.69) is 0 Å². The Morgan fingerprint density at radius 2 is 2.23 bits per heavy atom. The third-order valence-corrected chi connectivity index (χ3v) is 3.69. The molecular formula is C17H20FNO3. The van der Waals surface area contributed by atoms with Crippen molar-refractivity contribution in [3.8, 4) is 5.75 Å². The maximum absolute atomic E-state index is 12.5. The minimum absolute atomic E-state index is 0.0261. The minimum Gasteiger partial charge on any atom is -0.489 e. The molecule has 0 N–H and O–H groups in total. The lowest BCUT2D eigenvalue weighted by Crippen LogP contribution is -2.40. The lowest BCUT2D eigenvalue weighted by atomic mass is 9.98. The number of amides is 1. The van der Waals surface area contributed by atoms with Crippen LogP contribution in [0.2, 0.25) is 0 Å². The molecular weight excluding hydrogens is 285 g/mol. The largest absolute Gasteiger partial charge is 0.489 e. The second kappa shape index (κ2) is 7.20. The average molecular weight is 305 g/mol. The molecule has 1 aliphatic rings. The van der Waals surface area contributed by atoms with Gasteiger partial charge in [-0.1, -0.05) is 6.92 Å². The van der Waals surface area contributed by atoms with Crippen molar-refractivity contribution in [2.75, 3.05) is 19.7 Å². The number of ether oxygens (including phenoxy) is 1. The van der Waals surface area contributed by atoms with Gasteiger partial charge in [-0.15, -0.1) is 0 Å². The summed E-state index contributed by atoms with van der Waals surface area (Å²) in [5.74, 6) is 0.474. The molecule has 0 bridgehead atoms. The summed E-state index contributed by atoms with van der Waals surface area (Å²) in [6, 6.07) is 5.24. The Morgan fingerprint density at radius 3 is 2.86 bits per heavy atom. The van der Waals surface area contributed by atoms with E-state index in [1.165, 1.54) is 6.92 Å². The van der Waals surface area contributed by atoms with Crippen LogP contribution in [0.4, 0.5) is 4.39 Å². The monoisotopic (exact) mass is 305 g/mol. The fourth-order valence-corrected chi connectivity index (χ4v) is 2.41. The summed E-state index contributed by atoms with van der Waals surface area (Å²) in [6.45, 7) is 4.22. The lowest BCUT2D eigenvalue weighted by molar-refractivity contribution is -0.117. The summed E-state index contributed by atoms with van der Waals surface area (Å²) < 4.78 is 18.1. The smallest absolute Gasteiger partial charge is 0.254 e. The van der Waals surface area contributed by atoms with Gasteiger partial charge >= 0.3 is 0 Å². The zero-order valence-electron chi connectivity index (χ0n) is 12.9. The highest BCUT2D eigenvalue weighted by Gasteiger charge is 2.25. The predicted octanol–water partition coefficient (Wildman–Crippen LogP) is 2.92. The van der Waals surface area contributed by atoms with E-state index in [9.17, 15) is 14.0 Å². The van der Waals surface area contributed by atoms with Crippen LogP contribution in [0.15, 0.2) is 30.1 Å². The molecule has 118 valence electrons. The van der Waals surface area contributed by atoms with Gasteiger partial charge in [0.1, 0.15) is 18.1 Å². The highest BCUT2D eigenvalue weighted by Crippen LogP contribution is 2.24. The van der Waals surface area contributed by atoms with Crippen LogP contribution in [0, 0.1) is 0 Å². The molecule has 5 heteroatoms. The lowest BCUT2D eigenvalue weighted by Gasteiger charge is -2.28. The molecule has 0 saturated carbocycles. The fraction of sp³-hybridized carbons (Fsp3) is 0.412. The molecule has 1 heterocycles. The first-order valence-corrected chi connectivity index (χ1v) is 7.37. The Labute approximate surface area is 129 Å². The number of hydrogen-bond acceptors (Lipinski definition) is 3. The molecule has 22 heavy (non-hydrogen) atoms. The van der Waals surface area contributed by atoms with Crippen molar-refractivity contribution in [1.29, 1.82) is 0 Å². The van der Waals surface area contributed by atoms with Crippen molar-refractivity contribution < 1.29 is 18.7 Å². The number of carbonyl (C=O) groups excluding carboxylic acids is 2. The van der Waals surface area contributed by atoms with Crippen LogP contribution in [0.25, 0.3) is 0 Å². The molecule has 0 spiro atoms. The zero-order valence-corrected chi connectivity index (χ0v) is 12.9. The maximum atomic E-state index is 12.5. The molecule has 0 radical (unpaired) electrons. The number of ketones is 1. The number of carbonyl (C=O) groups is 2. The Morgan fingerprint density at radius 1 is 1.45 bits per heavy atom. The maximum Gasteiger partial charge on any atom is 0.254 e. The third kappa shape index (κ3) is 3.72. The minimum atomic E-state index is -0.124. The van der Waals surface area contributed by atoms with Gasteiger partial charge in [-0.25, -0.2) is 4.39 Å². The zero-order chi connectivity index (χ0) is 16.1. The van der Waals surface area contributed by atoms with Crippen molar-refractivity contribution in [2.45, 2.75) is 26.7 Å². The molecule has 0 unspecified atom stereocenters. The van der Waals surface area contributed by atoms with Crippen molar-refractivity contribution in [3.05, 3.63) is 41.2 Å². The van der Waals surface area contributed by atoms with E-state index in [1.54, 1.807) is 17.0 Å². The number of nitrogens with zero attached hydrogens (tertiary/aromatic N) is 1. The van der Waals surface area contributed by atoms with Gasteiger partial charge in [0.05, 0.1) is 12.9 Å². The first-order chi connectivity index (χ1) is 10.5. The van der Waals surface area contributed by atoms with E-state index < -0.39 is 0 Å². The van der Waals surface area contributed by atoms with E-state index >= 15 is 0 Å². The van der Waals surface area contributed by atoms with Gasteiger partial charge in [0.25, 0.3) is 5.91 Å². The van der Waals surface area contributed by atoms with E-state index in [1.807, 2.05) is 13.0 Å². The quantitative estimate of drug-likeness (QED) is 0.812. The Bertz CT molecular complexity index is 610. The highest BCUT2D eigenvalue weighted by molar-refractivity contribution is 5.98. The normalized spacial score (nSPS) is 14.8. The van der Waals surface area contributed by atoms with Crippen molar-refractivity contribution in [2.24, 2.45) is 0 Å². The molecule has 1 amide bonds. The standard InChI is InChI=1S/C17H20FNO3/c1-3-13(9-18)11-22-15-4-5-16-14(8-15)6-7-19(17(16)21)10-12(2)20/h4-5,8-9H,3,6-7,10-11H2,1-2H3/b13-9+. The Balaban J connectivity index is 2.10. The second-order valence-electron chi connectivity index (χ2n) is 5.41. The summed E-state index contributed by atoms with van der Waals surface area (Å²) in [5.41, 5.74) is 2.10. The molecule has 1 aliphatic heterocycles. The number of Topliss-reactive ketones (excluding diaryl/α,β-unsaturated/α-hetero) is 1. The van der Waals surface area contributed by atoms with Gasteiger partial charge in [0, 0.05) is 12.1 Å². The predicted molar refractivity (Wildman–Crippen MR) is 81.7 cm³/mol. The topological polar surface area (TPSA) is 46.6 Å². The molecule has 1 aromatic rings.